The Balaban J connectivity index is 0.00000760. The third-order valence-corrected chi connectivity index (χ3v) is 7.80. The second-order valence-corrected chi connectivity index (χ2v) is 11.1. The number of hydrogen-bond donors (Lipinski definition) is 1. The van der Waals surface area contributed by atoms with Crippen molar-refractivity contribution in [2.45, 2.75) is 122 Å². The van der Waals surface area contributed by atoms with Crippen molar-refractivity contribution in [2.75, 3.05) is 33.2 Å². The molecule has 1 atom stereocenters. The number of nitrogens with one attached hydrogen (secondary N) is 1. The summed E-state index contributed by atoms with van der Waals surface area (Å²) in [5, 5.41) is 2.82. The Morgan fingerprint density at radius 3 is 1.90 bits per heavy atom. The number of amides is 2. The Hall–Kier alpha value is -1.63. The number of likely N-dealkylation sites (N-methyl/N-ethyl adjacent to an activating group) is 1. The van der Waals surface area contributed by atoms with Gasteiger partial charge in [-0.05, 0) is 31.5 Å². The maximum Gasteiger partial charge on any atom is 0.254 e. The van der Waals surface area contributed by atoms with Crippen LogP contribution in [0.2, 0.25) is 0 Å². The van der Waals surface area contributed by atoms with Gasteiger partial charge in [0.15, 0.2) is 0 Å². The fourth-order valence-electron chi connectivity index (χ4n) is 5.22. The number of benzene rings is 1. The normalized spacial score (nSPS) is 14.6. The summed E-state index contributed by atoms with van der Waals surface area (Å²) < 4.78 is 6.06. The van der Waals surface area contributed by atoms with E-state index in [2.05, 4.69) is 24.2 Å². The van der Waals surface area contributed by atoms with Gasteiger partial charge >= 0.3 is 0 Å². The number of unbranched alkanes of at least 4 members (excludes halogenated alkanes) is 14. The largest absolute Gasteiger partial charge is 0.354 e. The smallest absolute Gasteiger partial charge is 0.254 e. The molecule has 0 saturated carbocycles. The second-order valence-electron chi connectivity index (χ2n) is 11.1. The molecule has 39 heavy (non-hydrogen) atoms. The van der Waals surface area contributed by atoms with Crippen molar-refractivity contribution in [1.29, 1.82) is 0 Å². The van der Waals surface area contributed by atoms with Crippen LogP contribution in [0.5, 0.6) is 0 Å². The van der Waals surface area contributed by atoms with Gasteiger partial charge in [0.05, 0.1) is 6.61 Å². The highest BCUT2D eigenvalue weighted by Gasteiger charge is 2.22. The molecule has 1 saturated heterocycles. The molecule has 1 aliphatic heterocycles. The lowest BCUT2D eigenvalue weighted by molar-refractivity contribution is -0.114. The predicted octanol–water partition coefficient (Wildman–Crippen LogP) is 7.35. The Morgan fingerprint density at radius 1 is 0.846 bits per heavy atom. The van der Waals surface area contributed by atoms with Crippen LogP contribution in [-0.4, -0.2) is 61.6 Å². The van der Waals surface area contributed by atoms with E-state index in [9.17, 15) is 9.59 Å². The van der Waals surface area contributed by atoms with Crippen LogP contribution in [-0.2, 0) is 16.1 Å². The number of nitrogens with zero attached hydrogens (tertiary/aromatic N) is 2. The molecule has 6 nitrogen and oxygen atoms in total. The van der Waals surface area contributed by atoms with Gasteiger partial charge in [0.1, 0.15) is 6.23 Å². The lowest BCUT2D eigenvalue weighted by Crippen LogP contribution is -2.47. The zero-order valence-electron chi connectivity index (χ0n) is 24.8. The van der Waals surface area contributed by atoms with Crippen LogP contribution in [0, 0.1) is 0 Å². The molecule has 224 valence electrons. The number of ether oxygens (including phenoxy) is 1. The van der Waals surface area contributed by atoms with Crippen molar-refractivity contribution < 1.29 is 14.3 Å². The summed E-state index contributed by atoms with van der Waals surface area (Å²) in [5.74, 6) is 0.0691. The van der Waals surface area contributed by atoms with Crippen molar-refractivity contribution in [3.63, 3.8) is 0 Å². The molecule has 1 fully saturated rings. The summed E-state index contributed by atoms with van der Waals surface area (Å²) >= 11 is 0. The van der Waals surface area contributed by atoms with Crippen molar-refractivity contribution in [3.05, 3.63) is 35.4 Å². The van der Waals surface area contributed by atoms with Crippen LogP contribution in [0.4, 0.5) is 0 Å². The maximum absolute atomic E-state index is 13.1. The molecule has 1 N–H and O–H groups in total. The van der Waals surface area contributed by atoms with Crippen molar-refractivity contribution in [1.82, 2.24) is 15.1 Å². The minimum absolute atomic E-state index is 0. The molecule has 1 unspecified atom stereocenters. The van der Waals surface area contributed by atoms with E-state index in [-0.39, 0.29) is 24.5 Å². The molecule has 2 amide bonds. The van der Waals surface area contributed by atoms with Gasteiger partial charge in [0, 0.05) is 31.7 Å². The van der Waals surface area contributed by atoms with Gasteiger partial charge in [-0.3, -0.25) is 9.59 Å². The standard InChI is InChI=1S/C32H55N3O3.ClH/c1-3-4-5-6-7-8-9-10-11-12-13-14-15-16-17-22-31(33-28-36)38-27-29-20-18-19-21-30(29)32(37)35-25-23-34(2)24-26-35;/h18-21,28,31H,3-17,22-27H2,1-2H3,(H,33,36);1H. The van der Waals surface area contributed by atoms with Crippen molar-refractivity contribution >= 4 is 24.7 Å². The molecule has 7 heteroatoms. The van der Waals surface area contributed by atoms with Gasteiger partial charge in [-0.1, -0.05) is 115 Å². The molecule has 0 aromatic heterocycles. The molecule has 1 aliphatic rings. The summed E-state index contributed by atoms with van der Waals surface area (Å²) in [7, 11) is 2.09. The van der Waals surface area contributed by atoms with Crippen molar-refractivity contribution in [2.24, 2.45) is 0 Å². The van der Waals surface area contributed by atoms with E-state index in [0.29, 0.717) is 12.2 Å². The highest BCUT2D eigenvalue weighted by molar-refractivity contribution is 5.95. The van der Waals surface area contributed by atoms with Crippen LogP contribution in [0.1, 0.15) is 126 Å². The average Bonchev–Trinajstić information content (AvgIpc) is 2.94. The Kier molecular flexibility index (Phi) is 21.0. The summed E-state index contributed by atoms with van der Waals surface area (Å²) in [6.45, 7) is 5.89. The first-order valence-corrected chi connectivity index (χ1v) is 15.5. The molecule has 0 bridgehead atoms. The molecular weight excluding hydrogens is 510 g/mol. The SMILES string of the molecule is CCCCCCCCCCCCCCCCCC(NC=O)OCc1ccccc1C(=O)N1CCN(C)CC1.Cl. The number of carbonyl (C=O) groups is 2. The highest BCUT2D eigenvalue weighted by Crippen LogP contribution is 2.17. The zero-order valence-corrected chi connectivity index (χ0v) is 25.7. The Labute approximate surface area is 245 Å². The predicted molar refractivity (Wildman–Crippen MR) is 164 cm³/mol. The highest BCUT2D eigenvalue weighted by atomic mass is 35.5. The molecule has 0 aliphatic carbocycles. The van der Waals surface area contributed by atoms with E-state index < -0.39 is 0 Å². The van der Waals surface area contributed by atoms with Gasteiger partial charge in [-0.15, -0.1) is 12.4 Å². The van der Waals surface area contributed by atoms with Crippen LogP contribution < -0.4 is 5.32 Å². The third-order valence-electron chi connectivity index (χ3n) is 7.80. The Bertz CT molecular complexity index is 756. The quantitative estimate of drug-likeness (QED) is 0.0907. The van der Waals surface area contributed by atoms with Crippen LogP contribution in [0.3, 0.4) is 0 Å². The fraction of sp³-hybridized carbons (Fsp3) is 0.750. The number of halogens is 1. The number of carbonyl (C=O) groups excluding carboxylic acids is 2. The molecular formula is C32H56ClN3O3. The number of hydrogen-bond acceptors (Lipinski definition) is 4. The van der Waals surface area contributed by atoms with E-state index in [1.54, 1.807) is 0 Å². The molecule has 1 aromatic rings. The second kappa shape index (κ2) is 23.1. The lowest BCUT2D eigenvalue weighted by Gasteiger charge is -2.33. The topological polar surface area (TPSA) is 61.9 Å². The van der Waals surface area contributed by atoms with Crippen LogP contribution >= 0.6 is 12.4 Å². The van der Waals surface area contributed by atoms with Crippen LogP contribution in [0.15, 0.2) is 24.3 Å². The molecule has 2 rings (SSSR count). The fourth-order valence-corrected chi connectivity index (χ4v) is 5.22. The van der Waals surface area contributed by atoms with E-state index in [4.69, 9.17) is 4.74 Å². The van der Waals surface area contributed by atoms with Crippen molar-refractivity contribution in [3.8, 4) is 0 Å². The lowest BCUT2D eigenvalue weighted by atomic mass is 10.0. The van der Waals surface area contributed by atoms with E-state index in [0.717, 1.165) is 57.4 Å². The molecule has 1 aromatic carbocycles. The third kappa shape index (κ3) is 15.7. The van der Waals surface area contributed by atoms with Gasteiger partial charge in [0.25, 0.3) is 5.91 Å². The van der Waals surface area contributed by atoms with Gasteiger partial charge in [-0.25, -0.2) is 0 Å². The summed E-state index contributed by atoms with van der Waals surface area (Å²) in [4.78, 5) is 28.4. The van der Waals surface area contributed by atoms with E-state index in [1.165, 1.54) is 83.5 Å². The number of piperazine rings is 1. The summed E-state index contributed by atoms with van der Waals surface area (Å²) in [6.07, 6.45) is 21.2. The average molecular weight is 566 g/mol. The molecule has 0 spiro atoms. The summed E-state index contributed by atoms with van der Waals surface area (Å²) in [5.41, 5.74) is 1.58. The molecule has 1 heterocycles. The van der Waals surface area contributed by atoms with E-state index in [1.807, 2.05) is 29.2 Å². The Morgan fingerprint density at radius 2 is 1.36 bits per heavy atom. The first kappa shape index (κ1) is 35.4. The molecule has 0 radical (unpaired) electrons. The maximum atomic E-state index is 13.1. The van der Waals surface area contributed by atoms with Gasteiger partial charge in [0.2, 0.25) is 6.41 Å². The summed E-state index contributed by atoms with van der Waals surface area (Å²) in [6, 6.07) is 7.69. The zero-order chi connectivity index (χ0) is 27.3. The van der Waals surface area contributed by atoms with Crippen LogP contribution in [0.25, 0.3) is 0 Å². The number of rotatable bonds is 22. The van der Waals surface area contributed by atoms with Gasteiger partial charge < -0.3 is 19.9 Å². The minimum Gasteiger partial charge on any atom is -0.354 e. The first-order chi connectivity index (χ1) is 18.7. The minimum atomic E-state index is -0.318. The first-order valence-electron chi connectivity index (χ1n) is 15.5. The van der Waals surface area contributed by atoms with E-state index >= 15 is 0 Å². The van der Waals surface area contributed by atoms with Gasteiger partial charge in [-0.2, -0.15) is 0 Å². The monoisotopic (exact) mass is 565 g/mol.